The lowest BCUT2D eigenvalue weighted by Gasteiger charge is -2.17. The number of amides is 1. The summed E-state index contributed by atoms with van der Waals surface area (Å²) in [5.41, 5.74) is 0.319. The highest BCUT2D eigenvalue weighted by molar-refractivity contribution is 6.33. The van der Waals surface area contributed by atoms with Crippen molar-refractivity contribution in [3.05, 3.63) is 22.8 Å². The molecule has 1 aromatic heterocycles. The molecule has 0 saturated heterocycles. The van der Waals surface area contributed by atoms with Crippen LogP contribution in [0.2, 0.25) is 5.02 Å². The summed E-state index contributed by atoms with van der Waals surface area (Å²) in [6.07, 6.45) is 1.20. The van der Waals surface area contributed by atoms with Crippen molar-refractivity contribution in [3.63, 3.8) is 0 Å². The highest BCUT2D eigenvalue weighted by Gasteiger charge is 2.34. The van der Waals surface area contributed by atoms with Gasteiger partial charge in [0.05, 0.1) is 5.02 Å². The van der Waals surface area contributed by atoms with Crippen molar-refractivity contribution in [2.75, 3.05) is 26.0 Å². The van der Waals surface area contributed by atoms with E-state index in [0.717, 1.165) is 12.5 Å². The number of rotatable bonds is 4. The van der Waals surface area contributed by atoms with Gasteiger partial charge in [-0.25, -0.2) is 4.98 Å². The number of pyridine rings is 1. The molecule has 1 amide bonds. The van der Waals surface area contributed by atoms with Crippen LogP contribution in [0.15, 0.2) is 12.1 Å². The van der Waals surface area contributed by atoms with Crippen molar-refractivity contribution in [1.29, 1.82) is 0 Å². The molecule has 18 heavy (non-hydrogen) atoms. The van der Waals surface area contributed by atoms with Gasteiger partial charge in [-0.1, -0.05) is 18.5 Å². The molecule has 1 aliphatic carbocycles. The van der Waals surface area contributed by atoms with Crippen LogP contribution in [0.5, 0.6) is 0 Å². The first-order chi connectivity index (χ1) is 8.52. The number of aromatic nitrogens is 1. The lowest BCUT2D eigenvalue weighted by Crippen LogP contribution is -2.30. The Kier molecular flexibility index (Phi) is 3.76. The van der Waals surface area contributed by atoms with E-state index >= 15 is 0 Å². The SMILES string of the molecule is CNc1ccc(Cl)c(C(=O)N(C)CC2CC2C)n1. The number of halogens is 1. The van der Waals surface area contributed by atoms with Crippen molar-refractivity contribution in [3.8, 4) is 0 Å². The maximum absolute atomic E-state index is 12.3. The minimum Gasteiger partial charge on any atom is -0.373 e. The molecule has 2 atom stereocenters. The van der Waals surface area contributed by atoms with Crippen molar-refractivity contribution in [2.24, 2.45) is 11.8 Å². The lowest BCUT2D eigenvalue weighted by atomic mass is 10.2. The molecule has 5 heteroatoms. The van der Waals surface area contributed by atoms with Crippen LogP contribution in [0.3, 0.4) is 0 Å². The summed E-state index contributed by atoms with van der Waals surface area (Å²) in [7, 11) is 3.57. The molecule has 1 N–H and O–H groups in total. The Morgan fingerprint density at radius 3 is 2.83 bits per heavy atom. The molecule has 0 aliphatic heterocycles. The van der Waals surface area contributed by atoms with E-state index in [1.54, 1.807) is 31.1 Å². The summed E-state index contributed by atoms with van der Waals surface area (Å²) in [6, 6.07) is 3.45. The second-order valence-electron chi connectivity index (χ2n) is 4.94. The molecule has 98 valence electrons. The maximum Gasteiger partial charge on any atom is 0.273 e. The van der Waals surface area contributed by atoms with E-state index in [4.69, 9.17) is 11.6 Å². The number of hydrogen-bond donors (Lipinski definition) is 1. The minimum absolute atomic E-state index is 0.115. The van der Waals surface area contributed by atoms with Gasteiger partial charge >= 0.3 is 0 Å². The number of anilines is 1. The summed E-state index contributed by atoms with van der Waals surface area (Å²) in [6.45, 7) is 2.98. The van der Waals surface area contributed by atoms with Crippen LogP contribution in [0.1, 0.15) is 23.8 Å². The molecule has 1 aromatic rings. The molecule has 1 fully saturated rings. The van der Waals surface area contributed by atoms with Gasteiger partial charge in [0.15, 0.2) is 0 Å². The van der Waals surface area contributed by atoms with E-state index in [-0.39, 0.29) is 5.91 Å². The summed E-state index contributed by atoms with van der Waals surface area (Å²) >= 11 is 6.04. The second kappa shape index (κ2) is 5.14. The fourth-order valence-corrected chi connectivity index (χ4v) is 2.19. The van der Waals surface area contributed by atoms with Crippen LogP contribution in [0.25, 0.3) is 0 Å². The third-order valence-electron chi connectivity index (χ3n) is 3.44. The van der Waals surface area contributed by atoms with Gasteiger partial charge < -0.3 is 10.2 Å². The Morgan fingerprint density at radius 1 is 1.61 bits per heavy atom. The molecule has 1 aliphatic rings. The fraction of sp³-hybridized carbons (Fsp3) is 0.538. The van der Waals surface area contributed by atoms with Crippen LogP contribution in [-0.4, -0.2) is 36.4 Å². The molecule has 0 aromatic carbocycles. The zero-order valence-electron chi connectivity index (χ0n) is 10.9. The van der Waals surface area contributed by atoms with E-state index in [1.807, 2.05) is 0 Å². The maximum atomic E-state index is 12.3. The summed E-state index contributed by atoms with van der Waals surface area (Å²) < 4.78 is 0. The summed E-state index contributed by atoms with van der Waals surface area (Å²) in [5.74, 6) is 1.89. The molecule has 0 spiro atoms. The van der Waals surface area contributed by atoms with E-state index in [1.165, 1.54) is 6.42 Å². The van der Waals surface area contributed by atoms with Gasteiger partial charge in [0.25, 0.3) is 5.91 Å². The third-order valence-corrected chi connectivity index (χ3v) is 3.74. The Balaban J connectivity index is 2.11. The summed E-state index contributed by atoms with van der Waals surface area (Å²) in [5, 5.41) is 3.31. The smallest absolute Gasteiger partial charge is 0.273 e. The number of nitrogens with one attached hydrogen (secondary N) is 1. The topological polar surface area (TPSA) is 45.2 Å². The van der Waals surface area contributed by atoms with Gasteiger partial charge in [0.2, 0.25) is 0 Å². The van der Waals surface area contributed by atoms with Gasteiger partial charge in [-0.2, -0.15) is 0 Å². The van der Waals surface area contributed by atoms with Crippen molar-refractivity contribution >= 4 is 23.3 Å². The van der Waals surface area contributed by atoms with Crippen LogP contribution in [0, 0.1) is 11.8 Å². The molecule has 0 radical (unpaired) electrons. The number of hydrogen-bond acceptors (Lipinski definition) is 3. The number of carbonyl (C=O) groups excluding carboxylic acids is 1. The Bertz CT molecular complexity index is 464. The number of nitrogens with zero attached hydrogens (tertiary/aromatic N) is 2. The largest absolute Gasteiger partial charge is 0.373 e. The van der Waals surface area contributed by atoms with Crippen molar-refractivity contribution < 1.29 is 4.79 Å². The minimum atomic E-state index is -0.115. The van der Waals surface area contributed by atoms with E-state index < -0.39 is 0 Å². The zero-order chi connectivity index (χ0) is 13.3. The predicted molar refractivity (Wildman–Crippen MR) is 73.0 cm³/mol. The molecule has 1 saturated carbocycles. The fourth-order valence-electron chi connectivity index (χ4n) is 2.00. The average molecular weight is 268 g/mol. The van der Waals surface area contributed by atoms with E-state index in [9.17, 15) is 4.79 Å². The first-order valence-corrected chi connectivity index (χ1v) is 6.50. The molecular weight excluding hydrogens is 250 g/mol. The van der Waals surface area contributed by atoms with Crippen LogP contribution in [0.4, 0.5) is 5.82 Å². The number of carbonyl (C=O) groups is 1. The highest BCUT2D eigenvalue weighted by Crippen LogP contribution is 2.38. The molecule has 1 heterocycles. The average Bonchev–Trinajstić information content (AvgIpc) is 3.04. The molecular formula is C13H18ClN3O. The zero-order valence-corrected chi connectivity index (χ0v) is 11.7. The van der Waals surface area contributed by atoms with Crippen molar-refractivity contribution in [2.45, 2.75) is 13.3 Å². The quantitative estimate of drug-likeness (QED) is 0.912. The lowest BCUT2D eigenvalue weighted by molar-refractivity contribution is 0.0781. The van der Waals surface area contributed by atoms with E-state index in [2.05, 4.69) is 17.2 Å². The van der Waals surface area contributed by atoms with Crippen LogP contribution >= 0.6 is 11.6 Å². The Hall–Kier alpha value is -1.29. The standard InChI is InChI=1S/C13H18ClN3O/c1-8-6-9(8)7-17(3)13(18)12-10(14)4-5-11(15-2)16-12/h4-5,8-9H,6-7H2,1-3H3,(H,15,16). The van der Waals surface area contributed by atoms with Gasteiger partial charge in [0.1, 0.15) is 11.5 Å². The van der Waals surface area contributed by atoms with Gasteiger partial charge in [-0.15, -0.1) is 0 Å². The summed E-state index contributed by atoms with van der Waals surface area (Å²) in [4.78, 5) is 18.2. The van der Waals surface area contributed by atoms with Gasteiger partial charge in [-0.05, 0) is 30.4 Å². The molecule has 4 nitrogen and oxygen atoms in total. The van der Waals surface area contributed by atoms with E-state index in [0.29, 0.717) is 22.5 Å². The Labute approximate surface area is 112 Å². The van der Waals surface area contributed by atoms with Crippen LogP contribution < -0.4 is 5.32 Å². The van der Waals surface area contributed by atoms with Gasteiger partial charge in [-0.3, -0.25) is 4.79 Å². The first kappa shape index (κ1) is 13.1. The highest BCUT2D eigenvalue weighted by atomic mass is 35.5. The normalized spacial score (nSPS) is 21.6. The monoisotopic (exact) mass is 267 g/mol. The van der Waals surface area contributed by atoms with Gasteiger partial charge in [0, 0.05) is 20.6 Å². The molecule has 2 rings (SSSR count). The van der Waals surface area contributed by atoms with Crippen LogP contribution in [-0.2, 0) is 0 Å². The Morgan fingerprint density at radius 2 is 2.28 bits per heavy atom. The molecule has 0 bridgehead atoms. The van der Waals surface area contributed by atoms with Crippen molar-refractivity contribution in [1.82, 2.24) is 9.88 Å². The predicted octanol–water partition coefficient (Wildman–Crippen LogP) is 2.50. The second-order valence-corrected chi connectivity index (χ2v) is 5.34. The first-order valence-electron chi connectivity index (χ1n) is 6.12. The molecule has 2 unspecified atom stereocenters. The third kappa shape index (κ3) is 2.75.